The van der Waals surface area contributed by atoms with Gasteiger partial charge in [0.1, 0.15) is 12.6 Å². The van der Waals surface area contributed by atoms with Crippen molar-refractivity contribution in [3.63, 3.8) is 0 Å². The first-order valence-corrected chi connectivity index (χ1v) is 8.10. The van der Waals surface area contributed by atoms with Crippen LogP contribution in [0.3, 0.4) is 0 Å². The summed E-state index contributed by atoms with van der Waals surface area (Å²) >= 11 is 3.24. The van der Waals surface area contributed by atoms with Crippen molar-refractivity contribution in [3.05, 3.63) is 12.0 Å². The van der Waals surface area contributed by atoms with E-state index in [1.165, 1.54) is 26.8 Å². The minimum Gasteiger partial charge on any atom is -0.478 e. The smallest absolute Gasteiger partial charge is 0.303 e. The van der Waals surface area contributed by atoms with Gasteiger partial charge in [-0.1, -0.05) is 15.9 Å². The van der Waals surface area contributed by atoms with Crippen LogP contribution in [0.15, 0.2) is 12.0 Å². The van der Waals surface area contributed by atoms with Gasteiger partial charge in [0.05, 0.1) is 6.61 Å². The van der Waals surface area contributed by atoms with E-state index in [9.17, 15) is 14.4 Å². The molecule has 0 aromatic rings. The van der Waals surface area contributed by atoms with Crippen molar-refractivity contribution in [1.29, 1.82) is 0 Å². The number of rotatable bonds is 7. The van der Waals surface area contributed by atoms with Crippen LogP contribution in [-0.4, -0.2) is 54.7 Å². The average molecular weight is 394 g/mol. The Hall–Kier alpha value is -1.77. The third-order valence-corrected chi connectivity index (χ3v) is 3.09. The van der Waals surface area contributed by atoms with Crippen molar-refractivity contribution < 1.29 is 33.3 Å². The first-order valence-electron chi connectivity index (χ1n) is 6.98. The van der Waals surface area contributed by atoms with Crippen molar-refractivity contribution in [1.82, 2.24) is 5.32 Å². The van der Waals surface area contributed by atoms with Gasteiger partial charge in [-0.05, 0) is 0 Å². The molecule has 0 fully saturated rings. The molecular formula is C14H20BrNO7. The van der Waals surface area contributed by atoms with E-state index >= 15 is 0 Å². The van der Waals surface area contributed by atoms with Crippen LogP contribution >= 0.6 is 15.9 Å². The van der Waals surface area contributed by atoms with Gasteiger partial charge in [-0.15, -0.1) is 0 Å². The van der Waals surface area contributed by atoms with Crippen LogP contribution in [-0.2, 0) is 33.3 Å². The van der Waals surface area contributed by atoms with Gasteiger partial charge in [0, 0.05) is 32.2 Å². The zero-order valence-corrected chi connectivity index (χ0v) is 14.8. The lowest BCUT2D eigenvalue weighted by Crippen LogP contribution is -2.55. The highest BCUT2D eigenvalue weighted by Gasteiger charge is 2.39. The molecule has 0 saturated carbocycles. The molecular weight excluding hydrogens is 374 g/mol. The van der Waals surface area contributed by atoms with Crippen LogP contribution in [0.2, 0.25) is 0 Å². The number of carbonyl (C=O) groups is 3. The van der Waals surface area contributed by atoms with Crippen molar-refractivity contribution >= 4 is 33.8 Å². The second-order valence-corrected chi connectivity index (χ2v) is 5.56. The molecule has 0 amide bonds. The van der Waals surface area contributed by atoms with Gasteiger partial charge in [0.25, 0.3) is 0 Å². The molecule has 1 rings (SSSR count). The Labute approximate surface area is 142 Å². The van der Waals surface area contributed by atoms with Gasteiger partial charge in [-0.2, -0.15) is 0 Å². The minimum absolute atomic E-state index is 0.0694. The van der Waals surface area contributed by atoms with E-state index in [1.54, 1.807) is 0 Å². The van der Waals surface area contributed by atoms with E-state index in [1.807, 2.05) is 0 Å². The fourth-order valence-electron chi connectivity index (χ4n) is 2.00. The number of alkyl halides is 1. The SMILES string of the molecule is CC(=O)OCC1NC(OCCBr)=CC(OC(C)=O)C1OC(C)=O. The lowest BCUT2D eigenvalue weighted by atomic mass is 10.0. The summed E-state index contributed by atoms with van der Waals surface area (Å²) in [5, 5.41) is 3.58. The van der Waals surface area contributed by atoms with Gasteiger partial charge >= 0.3 is 17.9 Å². The molecule has 0 bridgehead atoms. The molecule has 1 aliphatic heterocycles. The average Bonchev–Trinajstić information content (AvgIpc) is 2.44. The zero-order valence-electron chi connectivity index (χ0n) is 13.2. The Bertz CT molecular complexity index is 480. The highest BCUT2D eigenvalue weighted by molar-refractivity contribution is 9.09. The molecule has 0 aromatic carbocycles. The van der Waals surface area contributed by atoms with E-state index in [0.29, 0.717) is 17.8 Å². The molecule has 1 aliphatic rings. The Balaban J connectivity index is 2.97. The van der Waals surface area contributed by atoms with Gasteiger partial charge in [0.15, 0.2) is 18.1 Å². The predicted molar refractivity (Wildman–Crippen MR) is 82.5 cm³/mol. The second-order valence-electron chi connectivity index (χ2n) is 4.77. The topological polar surface area (TPSA) is 100 Å². The van der Waals surface area contributed by atoms with Crippen LogP contribution in [0.5, 0.6) is 0 Å². The summed E-state index contributed by atoms with van der Waals surface area (Å²) in [6.45, 7) is 4.07. The molecule has 3 unspecified atom stereocenters. The van der Waals surface area contributed by atoms with Crippen LogP contribution < -0.4 is 5.32 Å². The number of hydrogen-bond acceptors (Lipinski definition) is 8. The van der Waals surface area contributed by atoms with Crippen LogP contribution in [0.25, 0.3) is 0 Å². The summed E-state index contributed by atoms with van der Waals surface area (Å²) in [4.78, 5) is 33.6. The van der Waals surface area contributed by atoms with E-state index in [2.05, 4.69) is 21.2 Å². The van der Waals surface area contributed by atoms with E-state index in [4.69, 9.17) is 18.9 Å². The van der Waals surface area contributed by atoms with Gasteiger partial charge in [0.2, 0.25) is 0 Å². The molecule has 1 N–H and O–H groups in total. The third kappa shape index (κ3) is 6.89. The molecule has 23 heavy (non-hydrogen) atoms. The predicted octanol–water partition coefficient (Wildman–Crippen LogP) is 0.638. The summed E-state index contributed by atoms with van der Waals surface area (Å²) in [6.07, 6.45) is -0.169. The number of esters is 3. The first-order chi connectivity index (χ1) is 10.8. The number of carbonyl (C=O) groups excluding carboxylic acids is 3. The quantitative estimate of drug-likeness (QED) is 0.382. The van der Waals surface area contributed by atoms with Crippen LogP contribution in [0.1, 0.15) is 20.8 Å². The first kappa shape index (κ1) is 19.3. The Morgan fingerprint density at radius 3 is 2.30 bits per heavy atom. The summed E-state index contributed by atoms with van der Waals surface area (Å²) in [7, 11) is 0. The maximum Gasteiger partial charge on any atom is 0.303 e. The molecule has 0 saturated heterocycles. The summed E-state index contributed by atoms with van der Waals surface area (Å²) < 4.78 is 20.8. The van der Waals surface area contributed by atoms with Crippen molar-refractivity contribution in [2.45, 2.75) is 39.0 Å². The normalized spacial score (nSPS) is 23.1. The van der Waals surface area contributed by atoms with Gasteiger partial charge in [-0.25, -0.2) is 0 Å². The molecule has 130 valence electrons. The zero-order chi connectivity index (χ0) is 17.4. The number of halogens is 1. The number of hydrogen-bond donors (Lipinski definition) is 1. The number of ether oxygens (including phenoxy) is 4. The summed E-state index contributed by atoms with van der Waals surface area (Å²) in [5.41, 5.74) is 0. The molecule has 1 heterocycles. The van der Waals surface area contributed by atoms with Crippen LogP contribution in [0, 0.1) is 0 Å². The minimum atomic E-state index is -0.844. The Kier molecular flexibility index (Phi) is 7.87. The standard InChI is InChI=1S/C14H20BrNO7/c1-8(17)21-7-11-14(23-10(3)19)12(22-9(2)18)6-13(16-11)20-5-4-15/h6,11-12,14,16H,4-5,7H2,1-3H3. The maximum absolute atomic E-state index is 11.3. The Morgan fingerprint density at radius 2 is 1.78 bits per heavy atom. The van der Waals surface area contributed by atoms with Gasteiger partial charge in [-0.3, -0.25) is 14.4 Å². The second kappa shape index (κ2) is 9.39. The fraction of sp³-hybridized carbons (Fsp3) is 0.643. The molecule has 3 atom stereocenters. The number of nitrogens with one attached hydrogen (secondary N) is 1. The highest BCUT2D eigenvalue weighted by atomic mass is 79.9. The summed E-state index contributed by atoms with van der Waals surface area (Å²) in [5.74, 6) is -1.19. The monoisotopic (exact) mass is 393 g/mol. The Morgan fingerprint density at radius 1 is 1.13 bits per heavy atom. The van der Waals surface area contributed by atoms with E-state index in [-0.39, 0.29) is 6.61 Å². The lowest BCUT2D eigenvalue weighted by Gasteiger charge is -2.36. The van der Waals surface area contributed by atoms with E-state index in [0.717, 1.165) is 0 Å². The van der Waals surface area contributed by atoms with Crippen LogP contribution in [0.4, 0.5) is 0 Å². The molecule has 0 spiro atoms. The molecule has 0 aliphatic carbocycles. The van der Waals surface area contributed by atoms with Crippen molar-refractivity contribution in [2.24, 2.45) is 0 Å². The largest absolute Gasteiger partial charge is 0.478 e. The maximum atomic E-state index is 11.3. The molecule has 8 nitrogen and oxygen atoms in total. The highest BCUT2D eigenvalue weighted by Crippen LogP contribution is 2.20. The third-order valence-electron chi connectivity index (χ3n) is 2.77. The van der Waals surface area contributed by atoms with Crippen molar-refractivity contribution in [3.8, 4) is 0 Å². The summed E-state index contributed by atoms with van der Waals surface area (Å²) in [6, 6.07) is -0.609. The van der Waals surface area contributed by atoms with E-state index < -0.39 is 36.2 Å². The molecule has 0 aromatic heterocycles. The fourth-order valence-corrected chi connectivity index (χ4v) is 2.16. The lowest BCUT2D eigenvalue weighted by molar-refractivity contribution is -0.168. The molecule has 0 radical (unpaired) electrons. The van der Waals surface area contributed by atoms with Gasteiger partial charge < -0.3 is 24.3 Å². The molecule has 9 heteroatoms. The van der Waals surface area contributed by atoms with Crippen molar-refractivity contribution in [2.75, 3.05) is 18.5 Å².